The van der Waals surface area contributed by atoms with E-state index in [1.54, 1.807) is 6.92 Å². The van der Waals surface area contributed by atoms with Gasteiger partial charge < -0.3 is 5.11 Å². The molecule has 0 radical (unpaired) electrons. The minimum atomic E-state index is -0.499. The third-order valence-electron chi connectivity index (χ3n) is 3.73. The maximum Gasteiger partial charge on any atom is 0.269 e. The zero-order valence-corrected chi connectivity index (χ0v) is 12.3. The number of ketones is 1. The molecule has 0 fully saturated rings. The lowest BCUT2D eigenvalue weighted by Gasteiger charge is -2.14. The number of aromatic nitrogens is 1. The van der Waals surface area contributed by atoms with Gasteiger partial charge in [-0.25, -0.2) is 0 Å². The topological polar surface area (TPSA) is 59.3 Å². The number of fused-ring (bicyclic) bond motifs is 1. The molecule has 0 saturated heterocycles. The molecule has 0 amide bonds. The number of aromatic hydroxyl groups is 1. The van der Waals surface area contributed by atoms with Crippen LogP contribution in [0.25, 0.3) is 16.5 Å². The van der Waals surface area contributed by atoms with Crippen LogP contribution >= 0.6 is 0 Å². The SMILES string of the molecule is CC(=O)c1c(O)cc(C)n(-c2cccc3ccccc23)c1=O. The Hall–Kier alpha value is -2.88. The number of Topliss-reactive ketones (excluding diaryl/α,β-unsaturated/α-hetero) is 1. The molecule has 1 N–H and O–H groups in total. The molecule has 1 aromatic heterocycles. The van der Waals surface area contributed by atoms with E-state index in [9.17, 15) is 14.7 Å². The van der Waals surface area contributed by atoms with Gasteiger partial charge in [0.25, 0.3) is 5.56 Å². The Morgan fingerprint density at radius 1 is 1.09 bits per heavy atom. The molecule has 0 spiro atoms. The first-order valence-electron chi connectivity index (χ1n) is 6.95. The Labute approximate surface area is 127 Å². The second kappa shape index (κ2) is 5.15. The van der Waals surface area contributed by atoms with Gasteiger partial charge in [-0.15, -0.1) is 0 Å². The van der Waals surface area contributed by atoms with Crippen LogP contribution in [0, 0.1) is 6.92 Å². The third kappa shape index (κ3) is 2.09. The van der Waals surface area contributed by atoms with E-state index in [2.05, 4.69) is 0 Å². The Bertz CT molecular complexity index is 949. The summed E-state index contributed by atoms with van der Waals surface area (Å²) < 4.78 is 1.47. The van der Waals surface area contributed by atoms with Crippen LogP contribution in [-0.2, 0) is 0 Å². The molecular formula is C18H15NO3. The zero-order chi connectivity index (χ0) is 15.9. The highest BCUT2D eigenvalue weighted by Crippen LogP contribution is 2.24. The first kappa shape index (κ1) is 14.1. The van der Waals surface area contributed by atoms with Gasteiger partial charge in [0, 0.05) is 17.1 Å². The molecule has 0 aliphatic heterocycles. The second-order valence-electron chi connectivity index (χ2n) is 5.24. The number of benzene rings is 2. The fourth-order valence-corrected chi connectivity index (χ4v) is 2.75. The van der Waals surface area contributed by atoms with Gasteiger partial charge in [0.1, 0.15) is 11.3 Å². The molecule has 3 rings (SSSR count). The van der Waals surface area contributed by atoms with Crippen molar-refractivity contribution >= 4 is 16.6 Å². The smallest absolute Gasteiger partial charge is 0.269 e. The number of carbonyl (C=O) groups is 1. The molecule has 22 heavy (non-hydrogen) atoms. The molecule has 3 aromatic rings. The average molecular weight is 293 g/mol. The van der Waals surface area contributed by atoms with Crippen LogP contribution in [0.15, 0.2) is 53.3 Å². The van der Waals surface area contributed by atoms with Crippen molar-refractivity contribution in [3.8, 4) is 11.4 Å². The summed E-state index contributed by atoms with van der Waals surface area (Å²) in [5.74, 6) is -0.719. The van der Waals surface area contributed by atoms with Crippen LogP contribution in [0.5, 0.6) is 5.75 Å². The summed E-state index contributed by atoms with van der Waals surface area (Å²) in [5.41, 5.74) is 0.590. The van der Waals surface area contributed by atoms with Crippen LogP contribution in [-0.4, -0.2) is 15.5 Å². The number of carbonyl (C=O) groups excluding carboxylic acids is 1. The number of aryl methyl sites for hydroxylation is 1. The van der Waals surface area contributed by atoms with Crippen molar-refractivity contribution in [3.63, 3.8) is 0 Å². The second-order valence-corrected chi connectivity index (χ2v) is 5.24. The number of pyridine rings is 1. The standard InChI is InChI=1S/C18H15NO3/c1-11-10-16(21)17(12(2)20)18(22)19(11)15-9-5-7-13-6-3-4-8-14(13)15/h3-10,21H,1-2H3. The highest BCUT2D eigenvalue weighted by Gasteiger charge is 2.18. The maximum absolute atomic E-state index is 12.7. The quantitative estimate of drug-likeness (QED) is 0.738. The van der Waals surface area contributed by atoms with Gasteiger partial charge in [-0.05, 0) is 25.3 Å². The molecule has 110 valence electrons. The Kier molecular flexibility index (Phi) is 3.29. The molecule has 0 aliphatic rings. The normalized spacial score (nSPS) is 10.8. The van der Waals surface area contributed by atoms with E-state index in [-0.39, 0.29) is 11.3 Å². The first-order valence-corrected chi connectivity index (χ1v) is 6.95. The van der Waals surface area contributed by atoms with E-state index >= 15 is 0 Å². The highest BCUT2D eigenvalue weighted by atomic mass is 16.3. The van der Waals surface area contributed by atoms with E-state index in [0.717, 1.165) is 10.8 Å². The number of hydrogen-bond acceptors (Lipinski definition) is 3. The fraction of sp³-hybridized carbons (Fsp3) is 0.111. The van der Waals surface area contributed by atoms with Crippen LogP contribution in [0.3, 0.4) is 0 Å². The zero-order valence-electron chi connectivity index (χ0n) is 12.3. The van der Waals surface area contributed by atoms with Gasteiger partial charge in [0.2, 0.25) is 0 Å². The van der Waals surface area contributed by atoms with E-state index in [1.807, 2.05) is 42.5 Å². The average Bonchev–Trinajstić information content (AvgIpc) is 2.46. The Balaban J connectivity index is 2.44. The van der Waals surface area contributed by atoms with Gasteiger partial charge in [0.05, 0.1) is 5.69 Å². The van der Waals surface area contributed by atoms with Gasteiger partial charge >= 0.3 is 0 Å². The summed E-state index contributed by atoms with van der Waals surface area (Å²) in [6.07, 6.45) is 0. The molecule has 4 heteroatoms. The van der Waals surface area contributed by atoms with Gasteiger partial charge in [0.15, 0.2) is 5.78 Å². The molecule has 0 saturated carbocycles. The molecule has 1 heterocycles. The van der Waals surface area contributed by atoms with Gasteiger partial charge in [-0.2, -0.15) is 0 Å². The van der Waals surface area contributed by atoms with E-state index in [1.165, 1.54) is 17.6 Å². The molecule has 2 aromatic carbocycles. The summed E-state index contributed by atoms with van der Waals surface area (Å²) >= 11 is 0. The van der Waals surface area contributed by atoms with Crippen LogP contribution in [0.2, 0.25) is 0 Å². The summed E-state index contributed by atoms with van der Waals surface area (Å²) in [7, 11) is 0. The third-order valence-corrected chi connectivity index (χ3v) is 3.73. The minimum absolute atomic E-state index is 0.182. The van der Waals surface area contributed by atoms with Crippen molar-refractivity contribution in [1.29, 1.82) is 0 Å². The van der Waals surface area contributed by atoms with E-state index in [0.29, 0.717) is 11.4 Å². The van der Waals surface area contributed by atoms with E-state index < -0.39 is 11.3 Å². The minimum Gasteiger partial charge on any atom is -0.507 e. The van der Waals surface area contributed by atoms with Crippen LogP contribution < -0.4 is 5.56 Å². The van der Waals surface area contributed by atoms with Crippen molar-refractivity contribution in [2.75, 3.05) is 0 Å². The van der Waals surface area contributed by atoms with Gasteiger partial charge in [-0.3, -0.25) is 14.2 Å². The molecule has 0 bridgehead atoms. The van der Waals surface area contributed by atoms with E-state index in [4.69, 9.17) is 0 Å². The fourth-order valence-electron chi connectivity index (χ4n) is 2.75. The van der Waals surface area contributed by atoms with Crippen molar-refractivity contribution in [2.45, 2.75) is 13.8 Å². The van der Waals surface area contributed by atoms with Crippen LogP contribution in [0.4, 0.5) is 0 Å². The van der Waals surface area contributed by atoms with Crippen molar-refractivity contribution in [1.82, 2.24) is 4.57 Å². The molecule has 0 atom stereocenters. The summed E-state index contributed by atoms with van der Waals surface area (Å²) in [4.78, 5) is 24.4. The van der Waals surface area contributed by atoms with Crippen molar-refractivity contribution < 1.29 is 9.90 Å². The molecule has 0 unspecified atom stereocenters. The lowest BCUT2D eigenvalue weighted by molar-refractivity contribution is 0.101. The lowest BCUT2D eigenvalue weighted by Crippen LogP contribution is -2.26. The van der Waals surface area contributed by atoms with Crippen molar-refractivity contribution in [3.05, 3.63) is 70.1 Å². The van der Waals surface area contributed by atoms with Gasteiger partial charge in [-0.1, -0.05) is 36.4 Å². The molecule has 4 nitrogen and oxygen atoms in total. The van der Waals surface area contributed by atoms with Crippen LogP contribution in [0.1, 0.15) is 23.0 Å². The van der Waals surface area contributed by atoms with Crippen molar-refractivity contribution in [2.24, 2.45) is 0 Å². The summed E-state index contributed by atoms with van der Waals surface area (Å²) in [6.45, 7) is 3.01. The summed E-state index contributed by atoms with van der Waals surface area (Å²) in [6, 6.07) is 14.8. The number of nitrogens with zero attached hydrogens (tertiary/aromatic N) is 1. The molecular weight excluding hydrogens is 278 g/mol. The number of rotatable bonds is 2. The Morgan fingerprint density at radius 2 is 1.77 bits per heavy atom. The molecule has 0 aliphatic carbocycles. The maximum atomic E-state index is 12.7. The highest BCUT2D eigenvalue weighted by molar-refractivity contribution is 5.97. The summed E-state index contributed by atoms with van der Waals surface area (Å²) in [5, 5.41) is 11.8. The predicted molar refractivity (Wildman–Crippen MR) is 86.0 cm³/mol. The largest absolute Gasteiger partial charge is 0.507 e. The predicted octanol–water partition coefficient (Wildman–Crippen LogP) is 3.21. The first-order chi connectivity index (χ1) is 10.5. The lowest BCUT2D eigenvalue weighted by atomic mass is 10.1. The monoisotopic (exact) mass is 293 g/mol. The Morgan fingerprint density at radius 3 is 2.50 bits per heavy atom. The number of hydrogen-bond donors (Lipinski definition) is 1.